The molecule has 3 N–H and O–H groups in total. The maximum atomic E-state index is 12.7. The number of carbonyl (C=O) groups excluding carboxylic acids is 1. The summed E-state index contributed by atoms with van der Waals surface area (Å²) in [6.07, 6.45) is 6.51. The number of halogens is 1. The normalized spacial score (nSPS) is 20.0. The Labute approximate surface area is 209 Å². The summed E-state index contributed by atoms with van der Waals surface area (Å²) in [6, 6.07) is 6.92. The first-order valence-electron chi connectivity index (χ1n) is 11.2. The van der Waals surface area contributed by atoms with Gasteiger partial charge in [-0.25, -0.2) is 13.1 Å². The summed E-state index contributed by atoms with van der Waals surface area (Å²) in [5.74, 6) is 1.12. The molecule has 2 aliphatic rings. The van der Waals surface area contributed by atoms with Crippen LogP contribution in [0, 0.1) is 12.8 Å². The molecule has 1 aliphatic carbocycles. The van der Waals surface area contributed by atoms with E-state index in [1.807, 2.05) is 11.8 Å². The Morgan fingerprint density at radius 2 is 1.78 bits per heavy atom. The number of hydrogen-bond donors (Lipinski definition) is 3. The van der Waals surface area contributed by atoms with Crippen molar-refractivity contribution in [2.24, 2.45) is 10.9 Å². The molecule has 0 bridgehead atoms. The number of likely N-dealkylation sites (tertiary alicyclic amines) is 1. The first kappa shape index (κ1) is 26.8. The molecule has 1 heterocycles. The Morgan fingerprint density at radius 3 is 2.44 bits per heavy atom. The van der Waals surface area contributed by atoms with Crippen molar-refractivity contribution < 1.29 is 13.2 Å². The summed E-state index contributed by atoms with van der Waals surface area (Å²) in [5, 5.41) is 6.50. The van der Waals surface area contributed by atoms with E-state index >= 15 is 0 Å². The summed E-state index contributed by atoms with van der Waals surface area (Å²) in [4.78, 5) is 19.2. The van der Waals surface area contributed by atoms with Crippen LogP contribution in [0.5, 0.6) is 0 Å². The van der Waals surface area contributed by atoms with E-state index in [-0.39, 0.29) is 47.4 Å². The summed E-state index contributed by atoms with van der Waals surface area (Å²) in [5.41, 5.74) is 1.02. The maximum Gasteiger partial charge on any atom is 0.240 e. The van der Waals surface area contributed by atoms with Crippen molar-refractivity contribution in [3.05, 3.63) is 29.8 Å². The first-order chi connectivity index (χ1) is 14.9. The van der Waals surface area contributed by atoms with Crippen LogP contribution in [0.3, 0.4) is 0 Å². The molecule has 1 aromatic carbocycles. The van der Waals surface area contributed by atoms with Gasteiger partial charge in [-0.2, -0.15) is 0 Å². The number of aliphatic imine (C=N–C) groups is 1. The lowest BCUT2D eigenvalue weighted by Crippen LogP contribution is -2.47. The molecule has 0 aromatic heterocycles. The van der Waals surface area contributed by atoms with Crippen molar-refractivity contribution in [3.63, 3.8) is 0 Å². The summed E-state index contributed by atoms with van der Waals surface area (Å²) in [7, 11) is -1.84. The van der Waals surface area contributed by atoms with Crippen molar-refractivity contribution in [1.82, 2.24) is 20.3 Å². The highest BCUT2D eigenvalue weighted by molar-refractivity contribution is 14.0. The average Bonchev–Trinajstić information content (AvgIpc) is 3.24. The lowest BCUT2D eigenvalue weighted by atomic mass is 9.88. The number of hydrogen-bond acceptors (Lipinski definition) is 4. The van der Waals surface area contributed by atoms with Crippen LogP contribution in [-0.2, 0) is 14.8 Å². The van der Waals surface area contributed by atoms with Crippen molar-refractivity contribution in [2.75, 3.05) is 33.2 Å². The second-order valence-electron chi connectivity index (χ2n) is 8.46. The van der Waals surface area contributed by atoms with Crippen LogP contribution in [0.4, 0.5) is 0 Å². The van der Waals surface area contributed by atoms with Crippen LogP contribution in [0.1, 0.15) is 44.1 Å². The molecule has 32 heavy (non-hydrogen) atoms. The van der Waals surface area contributed by atoms with E-state index in [0.717, 1.165) is 44.2 Å². The molecule has 180 valence electrons. The van der Waals surface area contributed by atoms with Crippen LogP contribution >= 0.6 is 24.0 Å². The summed E-state index contributed by atoms with van der Waals surface area (Å²) < 4.78 is 27.3. The highest BCUT2D eigenvalue weighted by atomic mass is 127. The van der Waals surface area contributed by atoms with E-state index < -0.39 is 10.0 Å². The van der Waals surface area contributed by atoms with Crippen molar-refractivity contribution in [2.45, 2.75) is 56.4 Å². The molecule has 0 spiro atoms. The zero-order chi connectivity index (χ0) is 22.3. The number of guanidine groups is 1. The minimum atomic E-state index is -3.53. The molecule has 1 unspecified atom stereocenters. The topological polar surface area (TPSA) is 103 Å². The van der Waals surface area contributed by atoms with E-state index in [1.54, 1.807) is 31.3 Å². The zero-order valence-electron chi connectivity index (χ0n) is 19.0. The molecule has 1 aliphatic heterocycles. The van der Waals surface area contributed by atoms with Gasteiger partial charge in [-0.1, -0.05) is 37.0 Å². The predicted molar refractivity (Wildman–Crippen MR) is 138 cm³/mol. The Bertz CT molecular complexity index is 870. The van der Waals surface area contributed by atoms with Crippen molar-refractivity contribution >= 4 is 45.9 Å². The second kappa shape index (κ2) is 12.7. The van der Waals surface area contributed by atoms with E-state index in [4.69, 9.17) is 0 Å². The predicted octanol–water partition coefficient (Wildman–Crippen LogP) is 2.24. The van der Waals surface area contributed by atoms with Crippen LogP contribution in [-0.4, -0.2) is 64.5 Å². The van der Waals surface area contributed by atoms with Gasteiger partial charge in [-0.3, -0.25) is 9.79 Å². The number of benzene rings is 1. The third-order valence-electron chi connectivity index (χ3n) is 6.06. The molecule has 8 nitrogen and oxygen atoms in total. The van der Waals surface area contributed by atoms with E-state index in [0.29, 0.717) is 25.0 Å². The average molecular weight is 578 g/mol. The molecular formula is C22H36IN5O3S. The monoisotopic (exact) mass is 577 g/mol. The van der Waals surface area contributed by atoms with Crippen LogP contribution in [0.2, 0.25) is 0 Å². The number of nitrogens with one attached hydrogen (secondary N) is 3. The van der Waals surface area contributed by atoms with E-state index in [9.17, 15) is 13.2 Å². The molecule has 10 heteroatoms. The van der Waals surface area contributed by atoms with Gasteiger partial charge in [0.15, 0.2) is 5.96 Å². The Kier molecular flexibility index (Phi) is 10.7. The molecule has 1 saturated heterocycles. The number of nitrogens with zero attached hydrogens (tertiary/aromatic N) is 2. The second-order valence-corrected chi connectivity index (χ2v) is 10.2. The van der Waals surface area contributed by atoms with Crippen LogP contribution in [0.25, 0.3) is 0 Å². The molecule has 0 radical (unpaired) electrons. The van der Waals surface area contributed by atoms with Gasteiger partial charge in [-0.05, 0) is 38.3 Å². The molecular weight excluding hydrogens is 541 g/mol. The molecule has 1 saturated carbocycles. The first-order valence-corrected chi connectivity index (χ1v) is 12.7. The fourth-order valence-corrected chi connectivity index (χ4v) is 5.27. The Balaban J connectivity index is 0.00000363. The quantitative estimate of drug-likeness (QED) is 0.200. The minimum absolute atomic E-state index is 0. The van der Waals surface area contributed by atoms with Gasteiger partial charge in [-0.15, -0.1) is 24.0 Å². The lowest BCUT2D eigenvalue weighted by molar-refractivity contribution is -0.135. The van der Waals surface area contributed by atoms with Gasteiger partial charge in [0.25, 0.3) is 0 Å². The standard InChI is InChI=1S/C22H35N5O3S.HI/c1-17-8-10-20(11-9-17)31(29,30)25-14-13-24-22(23-2)26-19-12-15-27(16-19)21(28)18-6-4-3-5-7-18;/h8-11,18-19,25H,3-7,12-16H2,1-2H3,(H2,23,24,26);1H. The Morgan fingerprint density at radius 1 is 1.09 bits per heavy atom. The SMILES string of the molecule is CN=C(NCCNS(=O)(=O)c1ccc(C)cc1)NC1CCN(C(=O)C2CCCCC2)C1.I. The minimum Gasteiger partial charge on any atom is -0.355 e. The third kappa shape index (κ3) is 7.58. The number of amides is 1. The smallest absolute Gasteiger partial charge is 0.240 e. The van der Waals surface area contributed by atoms with Crippen molar-refractivity contribution in [3.8, 4) is 0 Å². The van der Waals surface area contributed by atoms with E-state index in [1.165, 1.54) is 6.42 Å². The largest absolute Gasteiger partial charge is 0.355 e. The van der Waals surface area contributed by atoms with Gasteiger partial charge < -0.3 is 15.5 Å². The van der Waals surface area contributed by atoms with Crippen molar-refractivity contribution in [1.29, 1.82) is 0 Å². The fraction of sp³-hybridized carbons (Fsp3) is 0.636. The number of carbonyl (C=O) groups is 1. The molecule has 1 atom stereocenters. The zero-order valence-corrected chi connectivity index (χ0v) is 22.1. The summed E-state index contributed by atoms with van der Waals surface area (Å²) >= 11 is 0. The van der Waals surface area contributed by atoms with Crippen LogP contribution < -0.4 is 15.4 Å². The van der Waals surface area contributed by atoms with Gasteiger partial charge in [0.05, 0.1) is 4.90 Å². The molecule has 1 aromatic rings. The lowest BCUT2D eigenvalue weighted by Gasteiger charge is -2.26. The number of aryl methyl sites for hydroxylation is 1. The van der Waals surface area contributed by atoms with E-state index in [2.05, 4.69) is 20.3 Å². The van der Waals surface area contributed by atoms with Gasteiger partial charge >= 0.3 is 0 Å². The number of sulfonamides is 1. The van der Waals surface area contributed by atoms with Gasteiger partial charge in [0, 0.05) is 45.2 Å². The fourth-order valence-electron chi connectivity index (χ4n) is 4.24. The van der Waals surface area contributed by atoms with Gasteiger partial charge in [0.1, 0.15) is 0 Å². The van der Waals surface area contributed by atoms with Gasteiger partial charge in [0.2, 0.25) is 15.9 Å². The maximum absolute atomic E-state index is 12.7. The number of rotatable bonds is 7. The highest BCUT2D eigenvalue weighted by Gasteiger charge is 2.31. The highest BCUT2D eigenvalue weighted by Crippen LogP contribution is 2.26. The van der Waals surface area contributed by atoms with Crippen LogP contribution in [0.15, 0.2) is 34.2 Å². The Hall–Kier alpha value is -1.40. The summed E-state index contributed by atoms with van der Waals surface area (Å²) in [6.45, 7) is 4.04. The molecule has 3 rings (SSSR count). The molecule has 1 amide bonds. The molecule has 2 fully saturated rings. The third-order valence-corrected chi connectivity index (χ3v) is 7.54.